The molecule has 0 N–H and O–H groups in total. The van der Waals surface area contributed by atoms with Gasteiger partial charge in [0.15, 0.2) is 0 Å². The summed E-state index contributed by atoms with van der Waals surface area (Å²) in [5, 5.41) is 2.48. The van der Waals surface area contributed by atoms with Crippen LogP contribution in [0.5, 0.6) is 0 Å². The highest BCUT2D eigenvalue weighted by molar-refractivity contribution is 9.10. The first-order valence-corrected chi connectivity index (χ1v) is 8.38. The molecule has 2 aromatic rings. The minimum Gasteiger partial charge on any atom is -0.378 e. The van der Waals surface area contributed by atoms with E-state index in [2.05, 4.69) is 59.3 Å². The van der Waals surface area contributed by atoms with Crippen LogP contribution < -0.4 is 0 Å². The Hall–Kier alpha value is -0.570. The van der Waals surface area contributed by atoms with Crippen LogP contribution in [0.25, 0.3) is 10.8 Å². The number of alkyl halides is 1. The van der Waals surface area contributed by atoms with Crippen molar-refractivity contribution in [3.63, 3.8) is 0 Å². The Labute approximate surface area is 133 Å². The molecule has 106 valence electrons. The van der Waals surface area contributed by atoms with Gasteiger partial charge in [0.05, 0.1) is 11.5 Å². The second-order valence-corrected chi connectivity index (χ2v) is 6.68. The predicted molar refractivity (Wildman–Crippen MR) is 88.4 cm³/mol. The van der Waals surface area contributed by atoms with Gasteiger partial charge in [-0.25, -0.2) is 0 Å². The summed E-state index contributed by atoms with van der Waals surface area (Å²) in [5.74, 6) is 0.409. The van der Waals surface area contributed by atoms with Gasteiger partial charge in [-0.15, -0.1) is 11.6 Å². The molecule has 0 aromatic heterocycles. The van der Waals surface area contributed by atoms with E-state index in [0.717, 1.165) is 23.9 Å². The Morgan fingerprint density at radius 2 is 2.00 bits per heavy atom. The number of hydrogen-bond acceptors (Lipinski definition) is 1. The molecule has 1 nitrogen and oxygen atoms in total. The quantitative estimate of drug-likeness (QED) is 0.643. The first-order chi connectivity index (χ1) is 9.72. The lowest BCUT2D eigenvalue weighted by atomic mass is 9.89. The van der Waals surface area contributed by atoms with Crippen molar-refractivity contribution in [2.45, 2.75) is 31.2 Å². The molecular formula is C17H18BrClO. The van der Waals surface area contributed by atoms with Gasteiger partial charge < -0.3 is 4.74 Å². The molecule has 0 bridgehead atoms. The van der Waals surface area contributed by atoms with Crippen molar-refractivity contribution in [2.24, 2.45) is 5.92 Å². The predicted octanol–water partition coefficient (Wildman–Crippen LogP) is 5.70. The van der Waals surface area contributed by atoms with E-state index in [4.69, 9.17) is 16.3 Å². The van der Waals surface area contributed by atoms with Gasteiger partial charge in [-0.1, -0.05) is 53.2 Å². The first-order valence-electron chi connectivity index (χ1n) is 7.15. The maximum absolute atomic E-state index is 6.82. The minimum atomic E-state index is 0.0143. The molecule has 0 spiro atoms. The average molecular weight is 354 g/mol. The van der Waals surface area contributed by atoms with Gasteiger partial charge >= 0.3 is 0 Å². The molecule has 0 radical (unpaired) electrons. The highest BCUT2D eigenvalue weighted by Crippen LogP contribution is 2.42. The maximum atomic E-state index is 6.82. The first kappa shape index (κ1) is 14.4. The normalized spacial score (nSPS) is 24.1. The van der Waals surface area contributed by atoms with Crippen LogP contribution in [0.1, 0.15) is 30.7 Å². The molecule has 0 saturated carbocycles. The van der Waals surface area contributed by atoms with Crippen LogP contribution in [0.15, 0.2) is 40.9 Å². The summed E-state index contributed by atoms with van der Waals surface area (Å²) in [6, 6.07) is 12.7. The van der Waals surface area contributed by atoms with Gasteiger partial charge in [0.2, 0.25) is 0 Å². The highest BCUT2D eigenvalue weighted by Gasteiger charge is 2.34. The molecule has 1 aliphatic heterocycles. The van der Waals surface area contributed by atoms with Gasteiger partial charge in [-0.2, -0.15) is 0 Å². The van der Waals surface area contributed by atoms with Crippen LogP contribution in [0.4, 0.5) is 0 Å². The fourth-order valence-electron chi connectivity index (χ4n) is 3.18. The van der Waals surface area contributed by atoms with Crippen molar-refractivity contribution in [1.29, 1.82) is 0 Å². The summed E-state index contributed by atoms with van der Waals surface area (Å²) >= 11 is 10.4. The topological polar surface area (TPSA) is 9.23 Å². The van der Waals surface area contributed by atoms with Crippen molar-refractivity contribution < 1.29 is 4.74 Å². The molecular weight excluding hydrogens is 336 g/mol. The Balaban J connectivity index is 2.04. The summed E-state index contributed by atoms with van der Waals surface area (Å²) in [5.41, 5.74) is 1.22. The van der Waals surface area contributed by atoms with Crippen LogP contribution >= 0.6 is 27.5 Å². The average Bonchev–Trinajstić information content (AvgIpc) is 2.96. The molecule has 2 aromatic carbocycles. The van der Waals surface area contributed by atoms with E-state index in [1.165, 1.54) is 16.3 Å². The Bertz CT molecular complexity index is 613. The molecule has 3 unspecified atom stereocenters. The lowest BCUT2D eigenvalue weighted by Gasteiger charge is -2.23. The lowest BCUT2D eigenvalue weighted by Crippen LogP contribution is -2.19. The van der Waals surface area contributed by atoms with E-state index in [9.17, 15) is 0 Å². The third-order valence-electron chi connectivity index (χ3n) is 4.24. The highest BCUT2D eigenvalue weighted by atomic mass is 79.9. The van der Waals surface area contributed by atoms with E-state index in [-0.39, 0.29) is 5.38 Å². The Morgan fingerprint density at radius 1 is 1.25 bits per heavy atom. The van der Waals surface area contributed by atoms with Crippen molar-refractivity contribution in [3.05, 3.63) is 46.4 Å². The maximum Gasteiger partial charge on any atom is 0.0645 e. The van der Waals surface area contributed by atoms with Gasteiger partial charge in [-0.3, -0.25) is 0 Å². The zero-order valence-corrected chi connectivity index (χ0v) is 13.8. The summed E-state index contributed by atoms with van der Waals surface area (Å²) < 4.78 is 6.92. The summed E-state index contributed by atoms with van der Waals surface area (Å²) in [4.78, 5) is 0. The number of benzene rings is 2. The molecule has 1 saturated heterocycles. The fourth-order valence-corrected chi connectivity index (χ4v) is 4.13. The number of halogens is 2. The largest absolute Gasteiger partial charge is 0.378 e. The van der Waals surface area contributed by atoms with Gasteiger partial charge in [0.1, 0.15) is 0 Å². The molecule has 20 heavy (non-hydrogen) atoms. The van der Waals surface area contributed by atoms with Crippen LogP contribution in [-0.4, -0.2) is 12.7 Å². The standard InChI is InChI=1S/C17H18BrClO/c1-2-16-14(9-10-20-16)17(19)13-7-8-15(18)12-6-4-3-5-11(12)13/h3-8,14,16-17H,2,9-10H2,1H3. The SMILES string of the molecule is CCC1OCCC1C(Cl)c1ccc(Br)c2ccccc12. The second-order valence-electron chi connectivity index (χ2n) is 5.35. The molecule has 1 aliphatic rings. The van der Waals surface area contributed by atoms with Crippen LogP contribution in [0.3, 0.4) is 0 Å². The molecule has 1 heterocycles. The third-order valence-corrected chi connectivity index (χ3v) is 5.49. The number of ether oxygens (including phenoxy) is 1. The fraction of sp³-hybridized carbons (Fsp3) is 0.412. The van der Waals surface area contributed by atoms with Gasteiger partial charge in [-0.05, 0) is 35.2 Å². The van der Waals surface area contributed by atoms with Crippen LogP contribution in [0.2, 0.25) is 0 Å². The molecule has 0 amide bonds. The van der Waals surface area contributed by atoms with Crippen LogP contribution in [-0.2, 0) is 4.74 Å². The van der Waals surface area contributed by atoms with Crippen molar-refractivity contribution >= 4 is 38.3 Å². The summed E-state index contributed by atoms with van der Waals surface area (Å²) in [7, 11) is 0. The van der Waals surface area contributed by atoms with Crippen molar-refractivity contribution in [2.75, 3.05) is 6.61 Å². The second kappa shape index (κ2) is 6.05. The zero-order chi connectivity index (χ0) is 14.1. The minimum absolute atomic E-state index is 0.0143. The Morgan fingerprint density at radius 3 is 2.75 bits per heavy atom. The van der Waals surface area contributed by atoms with Crippen molar-refractivity contribution in [3.8, 4) is 0 Å². The molecule has 3 atom stereocenters. The van der Waals surface area contributed by atoms with Gasteiger partial charge in [0, 0.05) is 17.0 Å². The lowest BCUT2D eigenvalue weighted by molar-refractivity contribution is 0.0865. The third kappa shape index (κ3) is 2.49. The Kier molecular flexibility index (Phi) is 4.34. The van der Waals surface area contributed by atoms with Crippen molar-refractivity contribution in [1.82, 2.24) is 0 Å². The smallest absolute Gasteiger partial charge is 0.0645 e. The van der Waals surface area contributed by atoms with E-state index < -0.39 is 0 Å². The summed E-state index contributed by atoms with van der Waals surface area (Å²) in [6.07, 6.45) is 2.37. The number of rotatable bonds is 3. The monoisotopic (exact) mass is 352 g/mol. The molecule has 3 heteroatoms. The van der Waals surface area contributed by atoms with E-state index in [0.29, 0.717) is 12.0 Å². The molecule has 3 rings (SSSR count). The van der Waals surface area contributed by atoms with E-state index in [1.54, 1.807) is 0 Å². The number of fused-ring (bicyclic) bond motifs is 1. The molecule has 0 aliphatic carbocycles. The summed E-state index contributed by atoms with van der Waals surface area (Å²) in [6.45, 7) is 3.01. The van der Waals surface area contributed by atoms with E-state index >= 15 is 0 Å². The van der Waals surface area contributed by atoms with E-state index in [1.807, 2.05) is 0 Å². The number of hydrogen-bond donors (Lipinski definition) is 0. The van der Waals surface area contributed by atoms with Gasteiger partial charge in [0.25, 0.3) is 0 Å². The zero-order valence-electron chi connectivity index (χ0n) is 11.5. The molecule has 1 fully saturated rings. The van der Waals surface area contributed by atoms with Crippen LogP contribution in [0, 0.1) is 5.92 Å².